The van der Waals surface area contributed by atoms with E-state index in [1.165, 1.54) is 11.1 Å². The number of hydrogen-bond acceptors (Lipinski definition) is 5. The Hall–Kier alpha value is -4.67. The molecule has 0 bridgehead atoms. The molecule has 0 spiro atoms. The zero-order valence-corrected chi connectivity index (χ0v) is 30.3. The van der Waals surface area contributed by atoms with Gasteiger partial charge in [-0.3, -0.25) is 9.67 Å². The molecule has 0 radical (unpaired) electrons. The molecule has 6 aromatic rings. The van der Waals surface area contributed by atoms with E-state index < -0.39 is 0 Å². The molecule has 6 nitrogen and oxygen atoms in total. The fourth-order valence-corrected chi connectivity index (χ4v) is 5.82. The molecule has 246 valence electrons. The molecule has 0 amide bonds. The van der Waals surface area contributed by atoms with Gasteiger partial charge in [0.1, 0.15) is 0 Å². The minimum Gasteiger partial charge on any atom is -0.509 e. The third-order valence-corrected chi connectivity index (χ3v) is 8.38. The third-order valence-electron chi connectivity index (χ3n) is 8.38. The summed E-state index contributed by atoms with van der Waals surface area (Å²) in [6, 6.07) is 37.7. The zero-order chi connectivity index (χ0) is 32.8. The molecule has 0 saturated heterocycles. The summed E-state index contributed by atoms with van der Waals surface area (Å²) in [5.41, 5.74) is 9.55. The van der Waals surface area contributed by atoms with E-state index >= 15 is 0 Å². The Bertz CT molecular complexity index is 2040. The fraction of sp³-hybridized carbons (Fsp3) is 0.195. The number of aromatic nitrogens is 3. The van der Waals surface area contributed by atoms with Crippen LogP contribution >= 0.6 is 0 Å². The van der Waals surface area contributed by atoms with Crippen LogP contribution in [0.15, 0.2) is 116 Å². The number of fused-ring (bicyclic) bond motifs is 1. The van der Waals surface area contributed by atoms with Crippen molar-refractivity contribution in [3.8, 4) is 28.3 Å². The molecule has 0 saturated carbocycles. The Labute approximate surface area is 298 Å². The standard InChI is InChI=1S/C41H38N5O.Pt/c1-40(2,3)31-18-19-37(36(22-31)41(4,5)6)45-28-44(38-20-21-42-26-39(38)45)32-14-10-16-34(23-32)47-35-17-11-15-33(24-35)46-27-30(25-43-46)29-12-8-7-9-13-29;/h7-22,25-28H,1-6H3;/q-3;. The second-order valence-electron chi connectivity index (χ2n) is 13.9. The number of pyridine rings is 1. The first-order valence-electron chi connectivity index (χ1n) is 15.9. The number of nitrogens with zero attached hydrogens (tertiary/aromatic N) is 5. The van der Waals surface area contributed by atoms with Crippen LogP contribution < -0.4 is 14.5 Å². The molecule has 3 heterocycles. The molecule has 7 rings (SSSR count). The predicted molar refractivity (Wildman–Crippen MR) is 190 cm³/mol. The largest absolute Gasteiger partial charge is 0.509 e. The Balaban J connectivity index is 0.00000401. The van der Waals surface area contributed by atoms with Gasteiger partial charge in [0.2, 0.25) is 0 Å². The van der Waals surface area contributed by atoms with Crippen molar-refractivity contribution in [1.82, 2.24) is 14.8 Å². The van der Waals surface area contributed by atoms with E-state index in [1.807, 2.05) is 90.1 Å². The van der Waals surface area contributed by atoms with Crippen molar-refractivity contribution in [3.05, 3.63) is 146 Å². The first-order valence-corrected chi connectivity index (χ1v) is 15.9. The van der Waals surface area contributed by atoms with E-state index in [2.05, 4.69) is 111 Å². The molecule has 0 N–H and O–H groups in total. The molecule has 0 fully saturated rings. The van der Waals surface area contributed by atoms with Gasteiger partial charge in [0.25, 0.3) is 0 Å². The van der Waals surface area contributed by atoms with Crippen LogP contribution in [0.25, 0.3) is 16.8 Å². The summed E-state index contributed by atoms with van der Waals surface area (Å²) in [5, 5.41) is 4.57. The first-order chi connectivity index (χ1) is 22.5. The number of anilines is 4. The van der Waals surface area contributed by atoms with E-state index in [-0.39, 0.29) is 31.9 Å². The van der Waals surface area contributed by atoms with E-state index in [0.29, 0.717) is 11.5 Å². The maximum Gasteiger partial charge on any atom is 0.0571 e. The van der Waals surface area contributed by atoms with Gasteiger partial charge in [0, 0.05) is 61.9 Å². The molecule has 2 aromatic heterocycles. The summed E-state index contributed by atoms with van der Waals surface area (Å²) in [7, 11) is 0. The van der Waals surface area contributed by atoms with Crippen LogP contribution in [0, 0.1) is 18.8 Å². The summed E-state index contributed by atoms with van der Waals surface area (Å²) in [4.78, 5) is 8.88. The second kappa shape index (κ2) is 13.1. The van der Waals surface area contributed by atoms with Gasteiger partial charge < -0.3 is 14.5 Å². The van der Waals surface area contributed by atoms with Crippen molar-refractivity contribution in [3.63, 3.8) is 0 Å². The van der Waals surface area contributed by atoms with Crippen LogP contribution in [0.5, 0.6) is 11.5 Å². The summed E-state index contributed by atoms with van der Waals surface area (Å²) >= 11 is 0. The average molecular weight is 812 g/mol. The number of rotatable bonds is 6. The predicted octanol–water partition coefficient (Wildman–Crippen LogP) is 10.3. The van der Waals surface area contributed by atoms with Crippen LogP contribution in [0.4, 0.5) is 22.7 Å². The van der Waals surface area contributed by atoms with Crippen molar-refractivity contribution < 1.29 is 25.8 Å². The number of ether oxygens (including phenoxy) is 1. The maximum absolute atomic E-state index is 6.32. The molecule has 0 aliphatic carbocycles. The molecule has 48 heavy (non-hydrogen) atoms. The van der Waals surface area contributed by atoms with E-state index in [4.69, 9.17) is 4.74 Å². The molecule has 0 atom stereocenters. The molecule has 7 heteroatoms. The Morgan fingerprint density at radius 3 is 2.06 bits per heavy atom. The van der Waals surface area contributed by atoms with Crippen molar-refractivity contribution in [2.75, 3.05) is 9.80 Å². The molecular formula is C41H38N5OPt-3. The van der Waals surface area contributed by atoms with Gasteiger partial charge in [-0.25, -0.2) is 0 Å². The SMILES string of the molecule is CC(C)(C)c1ccc(N2[CH-]N(c3[c-]c(Oc4[c-]c(-n5cc(-c6ccccc6)cn5)ccc4)ccc3)c3ccncc32)c(C(C)(C)C)c1.[Pt]. The summed E-state index contributed by atoms with van der Waals surface area (Å²) in [6.45, 7) is 15.7. The van der Waals surface area contributed by atoms with Gasteiger partial charge >= 0.3 is 0 Å². The quantitative estimate of drug-likeness (QED) is 0.157. The van der Waals surface area contributed by atoms with Gasteiger partial charge in [0.05, 0.1) is 18.1 Å². The summed E-state index contributed by atoms with van der Waals surface area (Å²) < 4.78 is 8.14. The summed E-state index contributed by atoms with van der Waals surface area (Å²) in [6.07, 6.45) is 7.62. The second-order valence-corrected chi connectivity index (χ2v) is 13.9. The Morgan fingerprint density at radius 1 is 0.646 bits per heavy atom. The van der Waals surface area contributed by atoms with Gasteiger partial charge in [-0.15, -0.1) is 48.8 Å². The topological polar surface area (TPSA) is 46.4 Å². The number of benzene rings is 4. The van der Waals surface area contributed by atoms with Crippen molar-refractivity contribution >= 4 is 22.7 Å². The Morgan fingerprint density at radius 2 is 1.35 bits per heavy atom. The smallest absolute Gasteiger partial charge is 0.0571 e. The zero-order valence-electron chi connectivity index (χ0n) is 28.0. The average Bonchev–Trinajstić information content (AvgIpc) is 3.71. The van der Waals surface area contributed by atoms with E-state index in [9.17, 15) is 0 Å². The normalized spacial score (nSPS) is 12.9. The fourth-order valence-electron chi connectivity index (χ4n) is 5.82. The van der Waals surface area contributed by atoms with Crippen LogP contribution in [0.1, 0.15) is 52.7 Å². The van der Waals surface area contributed by atoms with Crippen LogP contribution in [-0.4, -0.2) is 14.8 Å². The molecule has 1 aliphatic heterocycles. The van der Waals surface area contributed by atoms with Crippen LogP contribution in [-0.2, 0) is 31.9 Å². The minimum absolute atomic E-state index is 0. The van der Waals surface area contributed by atoms with Crippen LogP contribution in [0.2, 0.25) is 0 Å². The van der Waals surface area contributed by atoms with Crippen molar-refractivity contribution in [1.29, 1.82) is 0 Å². The minimum atomic E-state index is -0.0650. The van der Waals surface area contributed by atoms with Gasteiger partial charge in [0.15, 0.2) is 0 Å². The number of hydrogen-bond donors (Lipinski definition) is 0. The van der Waals surface area contributed by atoms with Crippen molar-refractivity contribution in [2.45, 2.75) is 52.4 Å². The molecule has 1 aliphatic rings. The third kappa shape index (κ3) is 6.68. The molecule has 0 unspecified atom stereocenters. The van der Waals surface area contributed by atoms with E-state index in [0.717, 1.165) is 39.6 Å². The molecule has 4 aromatic carbocycles. The maximum atomic E-state index is 6.32. The Kier molecular flexibility index (Phi) is 9.06. The monoisotopic (exact) mass is 811 g/mol. The van der Waals surface area contributed by atoms with E-state index in [1.54, 1.807) is 0 Å². The molecular weight excluding hydrogens is 774 g/mol. The van der Waals surface area contributed by atoms with Gasteiger partial charge in [-0.1, -0.05) is 84.0 Å². The van der Waals surface area contributed by atoms with Crippen LogP contribution in [0.3, 0.4) is 0 Å². The summed E-state index contributed by atoms with van der Waals surface area (Å²) in [5.74, 6) is 1.17. The van der Waals surface area contributed by atoms with Gasteiger partial charge in [-0.05, 0) is 45.3 Å². The first kappa shape index (κ1) is 33.2. The van der Waals surface area contributed by atoms with Crippen molar-refractivity contribution in [2.24, 2.45) is 0 Å². The van der Waals surface area contributed by atoms with Gasteiger partial charge in [-0.2, -0.15) is 17.2 Å².